The molecule has 2 heteroatoms. The highest BCUT2D eigenvalue weighted by molar-refractivity contribution is 7.99. The molecule has 0 heterocycles. The second-order valence-electron chi connectivity index (χ2n) is 3.27. The maximum atomic E-state index is 5.58. The summed E-state index contributed by atoms with van der Waals surface area (Å²) < 4.78 is 0. The first-order chi connectivity index (χ1) is 6.26. The molecular formula is C11H17NS. The number of hydrogen-bond donors (Lipinski definition) is 1. The van der Waals surface area contributed by atoms with E-state index in [2.05, 4.69) is 37.4 Å². The summed E-state index contributed by atoms with van der Waals surface area (Å²) in [6, 6.07) is 8.54. The third-order valence-corrected chi connectivity index (χ3v) is 3.12. The smallest absolute Gasteiger partial charge is 0.0178 e. The molecule has 13 heavy (non-hydrogen) atoms. The first-order valence-electron chi connectivity index (χ1n) is 4.57. The van der Waals surface area contributed by atoms with Gasteiger partial charge in [-0.05, 0) is 23.8 Å². The first-order valence-corrected chi connectivity index (χ1v) is 5.85. The molecule has 0 radical (unpaired) electrons. The van der Waals surface area contributed by atoms with Crippen molar-refractivity contribution in [2.45, 2.75) is 25.1 Å². The summed E-state index contributed by atoms with van der Waals surface area (Å²) in [4.78, 5) is 0. The largest absolute Gasteiger partial charge is 0.326 e. The van der Waals surface area contributed by atoms with Crippen LogP contribution in [0.25, 0.3) is 0 Å². The molecule has 0 bridgehead atoms. The highest BCUT2D eigenvalue weighted by Gasteiger charge is 2.01. The fraction of sp³-hybridized carbons (Fsp3) is 0.455. The van der Waals surface area contributed by atoms with Crippen LogP contribution in [-0.2, 0) is 13.0 Å². The van der Waals surface area contributed by atoms with Gasteiger partial charge in [-0.3, -0.25) is 0 Å². The van der Waals surface area contributed by atoms with Crippen molar-refractivity contribution in [3.63, 3.8) is 0 Å². The van der Waals surface area contributed by atoms with Crippen LogP contribution in [0, 0.1) is 0 Å². The van der Waals surface area contributed by atoms with E-state index in [0.717, 1.165) is 6.42 Å². The summed E-state index contributed by atoms with van der Waals surface area (Å²) in [5.74, 6) is 0. The van der Waals surface area contributed by atoms with Gasteiger partial charge in [0.1, 0.15) is 0 Å². The number of hydrogen-bond acceptors (Lipinski definition) is 2. The van der Waals surface area contributed by atoms with Crippen LogP contribution in [0.5, 0.6) is 0 Å². The van der Waals surface area contributed by atoms with E-state index >= 15 is 0 Å². The van der Waals surface area contributed by atoms with Crippen LogP contribution < -0.4 is 5.73 Å². The molecule has 72 valence electrons. The molecule has 0 aliphatic heterocycles. The summed E-state index contributed by atoms with van der Waals surface area (Å²) in [7, 11) is 0. The van der Waals surface area contributed by atoms with Gasteiger partial charge >= 0.3 is 0 Å². The van der Waals surface area contributed by atoms with E-state index in [1.54, 1.807) is 0 Å². The maximum absolute atomic E-state index is 5.58. The molecule has 1 rings (SSSR count). The molecule has 1 aromatic carbocycles. The van der Waals surface area contributed by atoms with Gasteiger partial charge in [0, 0.05) is 11.8 Å². The van der Waals surface area contributed by atoms with Crippen LogP contribution in [-0.4, -0.2) is 11.5 Å². The lowest BCUT2D eigenvalue weighted by atomic mass is 10.1. The van der Waals surface area contributed by atoms with Gasteiger partial charge in [-0.2, -0.15) is 11.8 Å². The van der Waals surface area contributed by atoms with Gasteiger partial charge in [0.15, 0.2) is 0 Å². The number of benzene rings is 1. The Morgan fingerprint density at radius 3 is 2.69 bits per heavy atom. The van der Waals surface area contributed by atoms with Crippen LogP contribution in [0.15, 0.2) is 24.3 Å². The van der Waals surface area contributed by atoms with Crippen molar-refractivity contribution in [3.8, 4) is 0 Å². The fourth-order valence-electron chi connectivity index (χ4n) is 1.30. The number of rotatable bonds is 4. The Morgan fingerprint density at radius 2 is 2.08 bits per heavy atom. The average Bonchev–Trinajstić information content (AvgIpc) is 2.18. The third kappa shape index (κ3) is 3.41. The van der Waals surface area contributed by atoms with Gasteiger partial charge in [0.05, 0.1) is 0 Å². The van der Waals surface area contributed by atoms with E-state index in [4.69, 9.17) is 5.73 Å². The molecule has 0 saturated heterocycles. The van der Waals surface area contributed by atoms with Crippen LogP contribution in [0.4, 0.5) is 0 Å². The average molecular weight is 195 g/mol. The molecule has 2 N–H and O–H groups in total. The van der Waals surface area contributed by atoms with E-state index in [9.17, 15) is 0 Å². The fourth-order valence-corrected chi connectivity index (χ4v) is 1.66. The predicted octanol–water partition coefficient (Wildman–Crippen LogP) is 2.44. The molecular weight excluding hydrogens is 178 g/mol. The van der Waals surface area contributed by atoms with E-state index in [1.807, 2.05) is 11.8 Å². The Morgan fingerprint density at radius 1 is 1.38 bits per heavy atom. The molecule has 0 aliphatic carbocycles. The predicted molar refractivity (Wildman–Crippen MR) is 61.0 cm³/mol. The molecule has 1 atom stereocenters. The minimum Gasteiger partial charge on any atom is -0.326 e. The second-order valence-corrected chi connectivity index (χ2v) is 4.55. The topological polar surface area (TPSA) is 26.0 Å². The minimum atomic E-state index is 0.640. The van der Waals surface area contributed by atoms with Crippen molar-refractivity contribution < 1.29 is 0 Å². The molecule has 1 unspecified atom stereocenters. The molecule has 1 nitrogen and oxygen atoms in total. The van der Waals surface area contributed by atoms with Crippen LogP contribution in [0.2, 0.25) is 0 Å². The quantitative estimate of drug-likeness (QED) is 0.798. The van der Waals surface area contributed by atoms with Crippen molar-refractivity contribution in [2.24, 2.45) is 5.73 Å². The van der Waals surface area contributed by atoms with Crippen molar-refractivity contribution >= 4 is 11.8 Å². The Bertz CT molecular complexity index is 260. The Balaban J connectivity index is 2.66. The SMILES string of the molecule is CSC(C)Cc1cccc(CN)c1. The standard InChI is InChI=1S/C11H17NS/c1-9(13-2)6-10-4-3-5-11(7-10)8-12/h3-5,7,9H,6,8,12H2,1-2H3. The second kappa shape index (κ2) is 5.30. The van der Waals surface area contributed by atoms with E-state index in [-0.39, 0.29) is 0 Å². The van der Waals surface area contributed by atoms with Gasteiger partial charge in [0.25, 0.3) is 0 Å². The molecule has 0 fully saturated rings. The Hall–Kier alpha value is -0.470. The number of thioether (sulfide) groups is 1. The summed E-state index contributed by atoms with van der Waals surface area (Å²) in [6.07, 6.45) is 3.28. The summed E-state index contributed by atoms with van der Waals surface area (Å²) in [6.45, 7) is 2.89. The first kappa shape index (κ1) is 10.6. The van der Waals surface area contributed by atoms with E-state index in [1.165, 1.54) is 11.1 Å². The van der Waals surface area contributed by atoms with Crippen molar-refractivity contribution in [1.29, 1.82) is 0 Å². The lowest BCUT2D eigenvalue weighted by Gasteiger charge is -2.08. The Kier molecular flexibility index (Phi) is 4.33. The lowest BCUT2D eigenvalue weighted by Crippen LogP contribution is -2.02. The van der Waals surface area contributed by atoms with Crippen LogP contribution >= 0.6 is 11.8 Å². The van der Waals surface area contributed by atoms with Crippen molar-refractivity contribution in [2.75, 3.05) is 6.26 Å². The molecule has 0 spiro atoms. The van der Waals surface area contributed by atoms with Gasteiger partial charge in [-0.25, -0.2) is 0 Å². The Labute approximate surface area is 84.7 Å². The zero-order valence-corrected chi connectivity index (χ0v) is 9.10. The van der Waals surface area contributed by atoms with Crippen molar-refractivity contribution in [3.05, 3.63) is 35.4 Å². The highest BCUT2D eigenvalue weighted by Crippen LogP contribution is 2.14. The lowest BCUT2D eigenvalue weighted by molar-refractivity contribution is 0.938. The zero-order valence-electron chi connectivity index (χ0n) is 8.29. The number of nitrogens with two attached hydrogens (primary N) is 1. The minimum absolute atomic E-state index is 0.640. The summed E-state index contributed by atoms with van der Waals surface area (Å²) >= 11 is 1.90. The molecule has 0 amide bonds. The van der Waals surface area contributed by atoms with Crippen molar-refractivity contribution in [1.82, 2.24) is 0 Å². The summed E-state index contributed by atoms with van der Waals surface area (Å²) in [5.41, 5.74) is 8.20. The zero-order chi connectivity index (χ0) is 9.68. The molecule has 0 saturated carbocycles. The molecule has 1 aromatic rings. The van der Waals surface area contributed by atoms with Crippen LogP contribution in [0.1, 0.15) is 18.1 Å². The maximum Gasteiger partial charge on any atom is 0.0178 e. The van der Waals surface area contributed by atoms with Crippen LogP contribution in [0.3, 0.4) is 0 Å². The molecule has 0 aliphatic rings. The third-order valence-electron chi connectivity index (χ3n) is 2.15. The van der Waals surface area contributed by atoms with E-state index in [0.29, 0.717) is 11.8 Å². The monoisotopic (exact) mass is 195 g/mol. The highest BCUT2D eigenvalue weighted by atomic mass is 32.2. The normalized spacial score (nSPS) is 12.8. The van der Waals surface area contributed by atoms with Gasteiger partial charge in [-0.15, -0.1) is 0 Å². The molecule has 0 aromatic heterocycles. The summed E-state index contributed by atoms with van der Waals surface area (Å²) in [5, 5.41) is 0.688. The van der Waals surface area contributed by atoms with Gasteiger partial charge in [0.2, 0.25) is 0 Å². The van der Waals surface area contributed by atoms with E-state index < -0.39 is 0 Å². The van der Waals surface area contributed by atoms with Gasteiger partial charge < -0.3 is 5.73 Å². The van der Waals surface area contributed by atoms with Gasteiger partial charge in [-0.1, -0.05) is 31.2 Å².